The van der Waals surface area contributed by atoms with E-state index in [0.29, 0.717) is 6.42 Å². The van der Waals surface area contributed by atoms with Gasteiger partial charge in [0, 0.05) is 17.9 Å². The lowest BCUT2D eigenvalue weighted by molar-refractivity contribution is -0.116. The molecule has 0 saturated carbocycles. The van der Waals surface area contributed by atoms with Crippen molar-refractivity contribution in [3.05, 3.63) is 90.1 Å². The topological polar surface area (TPSA) is 46.9 Å². The Labute approximate surface area is 151 Å². The molecule has 1 aliphatic rings. The van der Waals surface area contributed by atoms with Gasteiger partial charge in [-0.25, -0.2) is 4.68 Å². The number of carbonyl (C=O) groups excluding carboxylic acids is 1. The van der Waals surface area contributed by atoms with E-state index < -0.39 is 0 Å². The molecule has 0 aliphatic carbocycles. The van der Waals surface area contributed by atoms with E-state index in [1.54, 1.807) is 0 Å². The Morgan fingerprint density at radius 2 is 1.65 bits per heavy atom. The van der Waals surface area contributed by atoms with Crippen LogP contribution in [-0.2, 0) is 4.79 Å². The van der Waals surface area contributed by atoms with Gasteiger partial charge in [0.25, 0.3) is 0 Å². The van der Waals surface area contributed by atoms with E-state index in [2.05, 4.69) is 40.7 Å². The SMILES string of the molecule is O=C1C[C@@H](c2cccc3ccccc23)c2cnn(-c3ccccc3)c2N1. The molecule has 1 aliphatic heterocycles. The molecule has 1 aromatic heterocycles. The Kier molecular flexibility index (Phi) is 3.35. The molecular formula is C22H17N3O. The second kappa shape index (κ2) is 5.85. The first-order valence-corrected chi connectivity index (χ1v) is 8.72. The molecule has 4 aromatic rings. The highest BCUT2D eigenvalue weighted by Gasteiger charge is 2.31. The van der Waals surface area contributed by atoms with Crippen LogP contribution in [0.1, 0.15) is 23.5 Å². The highest BCUT2D eigenvalue weighted by atomic mass is 16.1. The molecule has 0 radical (unpaired) electrons. The quantitative estimate of drug-likeness (QED) is 0.584. The number of benzene rings is 3. The molecular weight excluding hydrogens is 322 g/mol. The highest BCUT2D eigenvalue weighted by molar-refractivity contribution is 5.96. The smallest absolute Gasteiger partial charge is 0.226 e. The number of anilines is 1. The molecule has 0 bridgehead atoms. The van der Waals surface area contributed by atoms with Crippen LogP contribution in [0, 0.1) is 0 Å². The van der Waals surface area contributed by atoms with E-state index in [-0.39, 0.29) is 11.8 Å². The number of hydrogen-bond acceptors (Lipinski definition) is 2. The van der Waals surface area contributed by atoms with Gasteiger partial charge in [0.15, 0.2) is 0 Å². The van der Waals surface area contributed by atoms with Crippen LogP contribution in [0.5, 0.6) is 0 Å². The van der Waals surface area contributed by atoms with Crippen LogP contribution in [0.4, 0.5) is 5.82 Å². The number of para-hydroxylation sites is 1. The first-order chi connectivity index (χ1) is 12.8. The average molecular weight is 339 g/mol. The first-order valence-electron chi connectivity index (χ1n) is 8.72. The fraction of sp³-hybridized carbons (Fsp3) is 0.0909. The Balaban J connectivity index is 1.69. The number of nitrogens with zero attached hydrogens (tertiary/aromatic N) is 2. The van der Waals surface area contributed by atoms with Crippen molar-refractivity contribution in [2.75, 3.05) is 5.32 Å². The van der Waals surface area contributed by atoms with E-state index >= 15 is 0 Å². The van der Waals surface area contributed by atoms with Crippen molar-refractivity contribution in [2.45, 2.75) is 12.3 Å². The predicted octanol–water partition coefficient (Wildman–Crippen LogP) is 4.50. The molecule has 1 atom stereocenters. The van der Waals surface area contributed by atoms with E-state index in [1.807, 2.05) is 53.3 Å². The van der Waals surface area contributed by atoms with Crippen molar-refractivity contribution in [2.24, 2.45) is 0 Å². The van der Waals surface area contributed by atoms with Crippen molar-refractivity contribution in [1.29, 1.82) is 0 Å². The molecule has 4 heteroatoms. The molecule has 126 valence electrons. The van der Waals surface area contributed by atoms with Gasteiger partial charge in [0.2, 0.25) is 5.91 Å². The summed E-state index contributed by atoms with van der Waals surface area (Å²) in [5.74, 6) is 0.792. The number of amides is 1. The lowest BCUT2D eigenvalue weighted by Crippen LogP contribution is -2.24. The number of fused-ring (bicyclic) bond motifs is 2. The van der Waals surface area contributed by atoms with Crippen molar-refractivity contribution >= 4 is 22.5 Å². The molecule has 0 fully saturated rings. The van der Waals surface area contributed by atoms with E-state index in [1.165, 1.54) is 16.3 Å². The van der Waals surface area contributed by atoms with Crippen LogP contribution in [-0.4, -0.2) is 15.7 Å². The minimum Gasteiger partial charge on any atom is -0.310 e. The van der Waals surface area contributed by atoms with Crippen molar-refractivity contribution in [1.82, 2.24) is 9.78 Å². The normalized spacial score (nSPS) is 16.3. The third-order valence-electron chi connectivity index (χ3n) is 5.02. The first kappa shape index (κ1) is 14.9. The lowest BCUT2D eigenvalue weighted by atomic mass is 9.84. The lowest BCUT2D eigenvalue weighted by Gasteiger charge is -2.25. The average Bonchev–Trinajstić information content (AvgIpc) is 3.11. The Bertz CT molecular complexity index is 1110. The summed E-state index contributed by atoms with van der Waals surface area (Å²) in [4.78, 5) is 12.5. The fourth-order valence-corrected chi connectivity index (χ4v) is 3.82. The van der Waals surface area contributed by atoms with Crippen LogP contribution in [0.2, 0.25) is 0 Å². The molecule has 5 rings (SSSR count). The van der Waals surface area contributed by atoms with Gasteiger partial charge in [-0.1, -0.05) is 60.7 Å². The molecule has 1 amide bonds. The molecule has 2 heterocycles. The minimum atomic E-state index is 0.00214. The Morgan fingerprint density at radius 3 is 2.54 bits per heavy atom. The third-order valence-corrected chi connectivity index (χ3v) is 5.02. The van der Waals surface area contributed by atoms with Crippen molar-refractivity contribution in [3.8, 4) is 5.69 Å². The summed E-state index contributed by atoms with van der Waals surface area (Å²) in [5.41, 5.74) is 3.17. The fourth-order valence-electron chi connectivity index (χ4n) is 3.82. The summed E-state index contributed by atoms with van der Waals surface area (Å²) in [7, 11) is 0. The van der Waals surface area contributed by atoms with E-state index in [0.717, 1.165) is 17.1 Å². The minimum absolute atomic E-state index is 0.00214. The second-order valence-corrected chi connectivity index (χ2v) is 6.57. The predicted molar refractivity (Wildman–Crippen MR) is 103 cm³/mol. The van der Waals surface area contributed by atoms with Gasteiger partial charge in [0.05, 0.1) is 11.9 Å². The van der Waals surface area contributed by atoms with Crippen molar-refractivity contribution < 1.29 is 4.79 Å². The summed E-state index contributed by atoms with van der Waals surface area (Å²) in [5, 5.41) is 9.95. The standard InChI is InChI=1S/C22H17N3O/c26-21-13-19(18-12-6-8-15-7-4-5-11-17(15)18)20-14-23-25(22(20)24-21)16-9-2-1-3-10-16/h1-12,14,19H,13H2,(H,24,26)/t19-/m0/s1. The molecule has 26 heavy (non-hydrogen) atoms. The summed E-state index contributed by atoms with van der Waals surface area (Å²) in [6, 6.07) is 24.5. The maximum Gasteiger partial charge on any atom is 0.226 e. The molecule has 4 nitrogen and oxygen atoms in total. The number of aromatic nitrogens is 2. The van der Waals surface area contributed by atoms with Gasteiger partial charge in [-0.15, -0.1) is 0 Å². The van der Waals surface area contributed by atoms with Crippen LogP contribution < -0.4 is 5.32 Å². The zero-order valence-corrected chi connectivity index (χ0v) is 14.1. The Morgan fingerprint density at radius 1 is 0.885 bits per heavy atom. The van der Waals surface area contributed by atoms with Gasteiger partial charge in [-0.2, -0.15) is 5.10 Å². The van der Waals surface area contributed by atoms with Gasteiger partial charge in [0.1, 0.15) is 5.82 Å². The zero-order chi connectivity index (χ0) is 17.5. The molecule has 0 saturated heterocycles. The van der Waals surface area contributed by atoms with Gasteiger partial charge in [-0.3, -0.25) is 4.79 Å². The number of rotatable bonds is 2. The van der Waals surface area contributed by atoms with Gasteiger partial charge >= 0.3 is 0 Å². The van der Waals surface area contributed by atoms with Gasteiger partial charge < -0.3 is 5.32 Å². The van der Waals surface area contributed by atoms with Gasteiger partial charge in [-0.05, 0) is 28.5 Å². The van der Waals surface area contributed by atoms with Crippen LogP contribution in [0.15, 0.2) is 79.0 Å². The summed E-state index contributed by atoms with van der Waals surface area (Å²) < 4.78 is 1.81. The number of carbonyl (C=O) groups is 1. The largest absolute Gasteiger partial charge is 0.310 e. The maximum atomic E-state index is 12.5. The van der Waals surface area contributed by atoms with E-state index in [9.17, 15) is 4.79 Å². The second-order valence-electron chi connectivity index (χ2n) is 6.57. The maximum absolute atomic E-state index is 12.5. The molecule has 0 unspecified atom stereocenters. The van der Waals surface area contributed by atoms with Crippen molar-refractivity contribution in [3.63, 3.8) is 0 Å². The summed E-state index contributed by atoms with van der Waals surface area (Å²) >= 11 is 0. The zero-order valence-electron chi connectivity index (χ0n) is 14.1. The molecule has 1 N–H and O–H groups in total. The number of nitrogens with one attached hydrogen (secondary N) is 1. The van der Waals surface area contributed by atoms with Crippen LogP contribution in [0.25, 0.3) is 16.5 Å². The molecule has 0 spiro atoms. The summed E-state index contributed by atoms with van der Waals surface area (Å²) in [6.45, 7) is 0. The number of hydrogen-bond donors (Lipinski definition) is 1. The van der Waals surface area contributed by atoms with Crippen LogP contribution >= 0.6 is 0 Å². The highest BCUT2D eigenvalue weighted by Crippen LogP contribution is 2.40. The molecule has 3 aromatic carbocycles. The summed E-state index contributed by atoms with van der Waals surface area (Å²) in [6.07, 6.45) is 2.32. The van der Waals surface area contributed by atoms with Crippen LogP contribution in [0.3, 0.4) is 0 Å². The van der Waals surface area contributed by atoms with E-state index in [4.69, 9.17) is 0 Å². The monoisotopic (exact) mass is 339 g/mol. The Hall–Kier alpha value is -3.40. The third kappa shape index (κ3) is 2.30.